The van der Waals surface area contributed by atoms with Gasteiger partial charge in [0.15, 0.2) is 0 Å². The summed E-state index contributed by atoms with van der Waals surface area (Å²) in [6.07, 6.45) is 2.33. The van der Waals surface area contributed by atoms with E-state index in [-0.39, 0.29) is 10.6 Å². The second-order valence-corrected chi connectivity index (χ2v) is 5.47. The number of likely N-dealkylation sites (tertiary alicyclic amines) is 1. The molecule has 2 aromatic carbocycles. The van der Waals surface area contributed by atoms with E-state index in [1.807, 2.05) is 12.1 Å². The molecule has 1 atom stereocenters. The van der Waals surface area contributed by atoms with E-state index in [0.717, 1.165) is 25.1 Å². The lowest BCUT2D eigenvalue weighted by atomic mass is 10.0. The van der Waals surface area contributed by atoms with Crippen molar-refractivity contribution < 1.29 is 4.92 Å². The van der Waals surface area contributed by atoms with Crippen LogP contribution in [0.5, 0.6) is 0 Å². The molecule has 0 amide bonds. The molecule has 0 aromatic heterocycles. The van der Waals surface area contributed by atoms with E-state index in [1.54, 1.807) is 18.2 Å². The molecule has 108 valence electrons. The van der Waals surface area contributed by atoms with Gasteiger partial charge in [0.25, 0.3) is 5.69 Å². The minimum atomic E-state index is -0.331. The van der Waals surface area contributed by atoms with Gasteiger partial charge in [-0.25, -0.2) is 0 Å². The first-order valence-electron chi connectivity index (χ1n) is 7.26. The Morgan fingerprint density at radius 3 is 2.71 bits per heavy atom. The second kappa shape index (κ2) is 6.06. The number of nitro groups is 1. The first kappa shape index (κ1) is 13.8. The molecule has 0 aliphatic carbocycles. The summed E-state index contributed by atoms with van der Waals surface area (Å²) >= 11 is 0. The Balaban J connectivity index is 1.78. The van der Waals surface area contributed by atoms with Gasteiger partial charge in [0, 0.05) is 24.7 Å². The van der Waals surface area contributed by atoms with E-state index in [4.69, 9.17) is 0 Å². The third-order valence-electron chi connectivity index (χ3n) is 4.06. The van der Waals surface area contributed by atoms with Crippen molar-refractivity contribution in [2.45, 2.75) is 25.4 Å². The molecule has 1 saturated heterocycles. The second-order valence-electron chi connectivity index (χ2n) is 5.47. The molecule has 0 saturated carbocycles. The Bertz CT molecular complexity index is 628. The summed E-state index contributed by atoms with van der Waals surface area (Å²) in [6, 6.07) is 17.9. The van der Waals surface area contributed by atoms with Gasteiger partial charge in [-0.3, -0.25) is 15.0 Å². The standard InChI is InChI=1S/C17H18N2O2/c20-19(21)16-9-4-6-14(12-16)13-18-11-5-10-17(18)15-7-2-1-3-8-15/h1-4,6-9,12,17H,5,10-11,13H2. The molecule has 1 fully saturated rings. The highest BCUT2D eigenvalue weighted by atomic mass is 16.6. The predicted molar refractivity (Wildman–Crippen MR) is 81.9 cm³/mol. The third-order valence-corrected chi connectivity index (χ3v) is 4.06. The number of hydrogen-bond donors (Lipinski definition) is 0. The first-order valence-corrected chi connectivity index (χ1v) is 7.26. The van der Waals surface area contributed by atoms with Crippen LogP contribution < -0.4 is 0 Å². The van der Waals surface area contributed by atoms with Gasteiger partial charge in [0.2, 0.25) is 0 Å². The SMILES string of the molecule is O=[N+]([O-])c1cccc(CN2CCCC2c2ccccc2)c1. The molecule has 4 heteroatoms. The summed E-state index contributed by atoms with van der Waals surface area (Å²) in [6.45, 7) is 1.81. The number of rotatable bonds is 4. The maximum absolute atomic E-state index is 10.9. The fourth-order valence-corrected chi connectivity index (χ4v) is 3.07. The Morgan fingerprint density at radius 1 is 1.14 bits per heavy atom. The summed E-state index contributed by atoms with van der Waals surface area (Å²) in [5.74, 6) is 0. The molecule has 0 radical (unpaired) electrons. The molecule has 4 nitrogen and oxygen atoms in total. The quantitative estimate of drug-likeness (QED) is 0.630. The van der Waals surface area contributed by atoms with Crippen molar-refractivity contribution in [3.05, 3.63) is 75.8 Å². The van der Waals surface area contributed by atoms with Gasteiger partial charge in [-0.15, -0.1) is 0 Å². The fraction of sp³-hybridized carbons (Fsp3) is 0.294. The number of benzene rings is 2. The zero-order chi connectivity index (χ0) is 14.7. The van der Waals surface area contributed by atoms with E-state index < -0.39 is 0 Å². The van der Waals surface area contributed by atoms with Crippen LogP contribution in [0.3, 0.4) is 0 Å². The monoisotopic (exact) mass is 282 g/mol. The number of nitrogens with zero attached hydrogens (tertiary/aromatic N) is 2. The van der Waals surface area contributed by atoms with Crippen LogP contribution in [0.25, 0.3) is 0 Å². The van der Waals surface area contributed by atoms with Crippen LogP contribution in [0, 0.1) is 10.1 Å². The van der Waals surface area contributed by atoms with Crippen LogP contribution in [0.15, 0.2) is 54.6 Å². The van der Waals surface area contributed by atoms with Gasteiger partial charge < -0.3 is 0 Å². The lowest BCUT2D eigenvalue weighted by molar-refractivity contribution is -0.384. The summed E-state index contributed by atoms with van der Waals surface area (Å²) < 4.78 is 0. The predicted octanol–water partition coefficient (Wildman–Crippen LogP) is 3.93. The molecule has 0 N–H and O–H groups in total. The summed E-state index contributed by atoms with van der Waals surface area (Å²) in [4.78, 5) is 12.9. The van der Waals surface area contributed by atoms with E-state index >= 15 is 0 Å². The number of hydrogen-bond acceptors (Lipinski definition) is 3. The highest BCUT2D eigenvalue weighted by Crippen LogP contribution is 2.33. The first-order chi connectivity index (χ1) is 10.2. The molecule has 3 rings (SSSR count). The molecule has 1 unspecified atom stereocenters. The lowest BCUT2D eigenvalue weighted by Crippen LogP contribution is -2.22. The van der Waals surface area contributed by atoms with Crippen molar-refractivity contribution in [1.82, 2.24) is 4.90 Å². The van der Waals surface area contributed by atoms with Crippen molar-refractivity contribution in [3.63, 3.8) is 0 Å². The summed E-state index contributed by atoms with van der Waals surface area (Å²) in [7, 11) is 0. The smallest absolute Gasteiger partial charge is 0.269 e. The van der Waals surface area contributed by atoms with Crippen LogP contribution in [-0.2, 0) is 6.54 Å². The van der Waals surface area contributed by atoms with Crippen LogP contribution >= 0.6 is 0 Å². The molecule has 21 heavy (non-hydrogen) atoms. The van der Waals surface area contributed by atoms with Crippen molar-refractivity contribution in [2.75, 3.05) is 6.54 Å². The van der Waals surface area contributed by atoms with E-state index in [9.17, 15) is 10.1 Å². The molecule has 0 bridgehead atoms. The Labute approximate surface area is 124 Å². The largest absolute Gasteiger partial charge is 0.292 e. The average molecular weight is 282 g/mol. The van der Waals surface area contributed by atoms with Gasteiger partial charge in [0.1, 0.15) is 0 Å². The highest BCUT2D eigenvalue weighted by Gasteiger charge is 2.25. The average Bonchev–Trinajstić information content (AvgIpc) is 2.96. The van der Waals surface area contributed by atoms with Crippen LogP contribution in [-0.4, -0.2) is 16.4 Å². The summed E-state index contributed by atoms with van der Waals surface area (Å²) in [5, 5.41) is 10.9. The zero-order valence-corrected chi connectivity index (χ0v) is 11.8. The normalized spacial score (nSPS) is 18.8. The maximum Gasteiger partial charge on any atom is 0.269 e. The molecule has 1 heterocycles. The Morgan fingerprint density at radius 2 is 1.95 bits per heavy atom. The molecule has 2 aromatic rings. The van der Waals surface area contributed by atoms with E-state index in [2.05, 4.69) is 29.2 Å². The van der Waals surface area contributed by atoms with Gasteiger partial charge in [-0.1, -0.05) is 42.5 Å². The molecule has 0 spiro atoms. The highest BCUT2D eigenvalue weighted by molar-refractivity contribution is 5.34. The minimum Gasteiger partial charge on any atom is -0.292 e. The van der Waals surface area contributed by atoms with Crippen molar-refractivity contribution in [2.24, 2.45) is 0 Å². The molecular weight excluding hydrogens is 264 g/mol. The fourth-order valence-electron chi connectivity index (χ4n) is 3.07. The van der Waals surface area contributed by atoms with Crippen LogP contribution in [0.2, 0.25) is 0 Å². The number of non-ortho nitro benzene ring substituents is 1. The third kappa shape index (κ3) is 3.11. The topological polar surface area (TPSA) is 46.4 Å². The van der Waals surface area contributed by atoms with Crippen molar-refractivity contribution >= 4 is 5.69 Å². The van der Waals surface area contributed by atoms with Crippen LogP contribution in [0.4, 0.5) is 5.69 Å². The van der Waals surface area contributed by atoms with Gasteiger partial charge in [-0.05, 0) is 30.5 Å². The maximum atomic E-state index is 10.9. The van der Waals surface area contributed by atoms with E-state index in [0.29, 0.717) is 6.04 Å². The van der Waals surface area contributed by atoms with Gasteiger partial charge >= 0.3 is 0 Å². The lowest BCUT2D eigenvalue weighted by Gasteiger charge is -2.24. The summed E-state index contributed by atoms with van der Waals surface area (Å²) in [5.41, 5.74) is 2.51. The van der Waals surface area contributed by atoms with Crippen molar-refractivity contribution in [3.8, 4) is 0 Å². The molecule has 1 aliphatic heterocycles. The van der Waals surface area contributed by atoms with Crippen LogP contribution in [0.1, 0.15) is 30.0 Å². The van der Waals surface area contributed by atoms with E-state index in [1.165, 1.54) is 12.0 Å². The Kier molecular flexibility index (Phi) is 3.97. The zero-order valence-electron chi connectivity index (χ0n) is 11.8. The Hall–Kier alpha value is -2.20. The van der Waals surface area contributed by atoms with Gasteiger partial charge in [0.05, 0.1) is 4.92 Å². The minimum absolute atomic E-state index is 0.169. The molecular formula is C17H18N2O2. The van der Waals surface area contributed by atoms with Gasteiger partial charge in [-0.2, -0.15) is 0 Å². The molecule has 1 aliphatic rings. The van der Waals surface area contributed by atoms with Crippen molar-refractivity contribution in [1.29, 1.82) is 0 Å². The number of nitro benzene ring substituents is 1.